The standard InChI is InChI=1S/C25H39N7O8/c1-4-13(2)20(25(39)40)31-23(37)18-6-5-9-32(18)24(38)14(3)29-22(36)17(7-8-19(33)34)30-21(35)16(26)10-15-11-27-12-28-15/h11-14,16-18,20H,4-10,26H2,1-3H3,(H,27,28)(H,29,36)(H,30,35)(H,31,37)(H,33,34)(H,39,40)/t13-,14-,16-,17-,18-,20-/m0/s1. The monoisotopic (exact) mass is 565 g/mol. The number of aliphatic carboxylic acids is 2. The highest BCUT2D eigenvalue weighted by atomic mass is 16.4. The maximum Gasteiger partial charge on any atom is 0.326 e. The number of aromatic nitrogens is 2. The minimum Gasteiger partial charge on any atom is -0.481 e. The van der Waals surface area contributed by atoms with E-state index < -0.39 is 72.2 Å². The zero-order chi connectivity index (χ0) is 30.0. The quantitative estimate of drug-likeness (QED) is 0.133. The number of likely N-dealkylation sites (tertiary alicyclic amines) is 1. The van der Waals surface area contributed by atoms with Gasteiger partial charge in [0, 0.05) is 31.3 Å². The summed E-state index contributed by atoms with van der Waals surface area (Å²) in [5, 5.41) is 26.1. The number of rotatable bonds is 15. The summed E-state index contributed by atoms with van der Waals surface area (Å²) in [5.74, 6) is -5.30. The first-order chi connectivity index (χ1) is 18.8. The van der Waals surface area contributed by atoms with Gasteiger partial charge in [0.25, 0.3) is 0 Å². The lowest BCUT2D eigenvalue weighted by atomic mass is 9.98. The number of carbonyl (C=O) groups excluding carboxylic acids is 4. The van der Waals surface area contributed by atoms with Crippen molar-refractivity contribution in [3.05, 3.63) is 18.2 Å². The second-order valence-electron chi connectivity index (χ2n) is 10.0. The largest absolute Gasteiger partial charge is 0.481 e. The number of nitrogens with zero attached hydrogens (tertiary/aromatic N) is 2. The van der Waals surface area contributed by atoms with E-state index in [2.05, 4.69) is 25.9 Å². The van der Waals surface area contributed by atoms with Gasteiger partial charge in [-0.25, -0.2) is 9.78 Å². The highest BCUT2D eigenvalue weighted by Crippen LogP contribution is 2.20. The van der Waals surface area contributed by atoms with Gasteiger partial charge in [0.1, 0.15) is 24.2 Å². The average molecular weight is 566 g/mol. The Morgan fingerprint density at radius 3 is 2.40 bits per heavy atom. The number of imidazole rings is 1. The van der Waals surface area contributed by atoms with Gasteiger partial charge in [-0.2, -0.15) is 0 Å². The topological polar surface area (TPSA) is 237 Å². The van der Waals surface area contributed by atoms with Crippen LogP contribution in [0.3, 0.4) is 0 Å². The maximum atomic E-state index is 13.2. The van der Waals surface area contributed by atoms with Gasteiger partial charge in [-0.05, 0) is 32.1 Å². The molecule has 0 radical (unpaired) electrons. The predicted molar refractivity (Wildman–Crippen MR) is 140 cm³/mol. The summed E-state index contributed by atoms with van der Waals surface area (Å²) in [6.07, 6.45) is 3.72. The SMILES string of the molecule is CC[C@H](C)[C@H](NC(=O)[C@@H]1CCCN1C(=O)[C@H](C)NC(=O)[C@H](CCC(=O)O)NC(=O)[C@@H](N)Cc1cnc[nH]1)C(=O)O. The third kappa shape index (κ3) is 9.03. The fourth-order valence-corrected chi connectivity index (χ4v) is 4.40. The number of H-pyrrole nitrogens is 1. The van der Waals surface area contributed by atoms with E-state index in [-0.39, 0.29) is 25.3 Å². The van der Waals surface area contributed by atoms with Crippen molar-refractivity contribution in [1.29, 1.82) is 0 Å². The fourth-order valence-electron chi connectivity index (χ4n) is 4.40. The van der Waals surface area contributed by atoms with E-state index in [0.29, 0.717) is 25.0 Å². The molecule has 0 unspecified atom stereocenters. The fraction of sp³-hybridized carbons (Fsp3) is 0.640. The van der Waals surface area contributed by atoms with Gasteiger partial charge in [0.15, 0.2) is 0 Å². The van der Waals surface area contributed by atoms with Crippen molar-refractivity contribution in [2.75, 3.05) is 6.54 Å². The summed E-state index contributed by atoms with van der Waals surface area (Å²) in [7, 11) is 0. The predicted octanol–water partition coefficient (Wildman–Crippen LogP) is -1.26. The number of carboxylic acid groups (broad SMARTS) is 2. The Morgan fingerprint density at radius 2 is 1.82 bits per heavy atom. The van der Waals surface area contributed by atoms with Crippen molar-refractivity contribution in [2.24, 2.45) is 11.7 Å². The molecule has 0 aliphatic carbocycles. The van der Waals surface area contributed by atoms with Crippen LogP contribution in [0.15, 0.2) is 12.5 Å². The van der Waals surface area contributed by atoms with Crippen LogP contribution in [0.1, 0.15) is 58.6 Å². The number of aromatic amines is 1. The second kappa shape index (κ2) is 15.0. The lowest BCUT2D eigenvalue weighted by molar-refractivity contribution is -0.146. The molecule has 15 nitrogen and oxygen atoms in total. The Hall–Kier alpha value is -4.01. The molecule has 0 spiro atoms. The lowest BCUT2D eigenvalue weighted by Gasteiger charge is -2.29. The van der Waals surface area contributed by atoms with Crippen LogP contribution in [0.25, 0.3) is 0 Å². The summed E-state index contributed by atoms with van der Waals surface area (Å²) < 4.78 is 0. The highest BCUT2D eigenvalue weighted by Gasteiger charge is 2.39. The molecule has 2 rings (SSSR count). The van der Waals surface area contributed by atoms with Crippen LogP contribution in [0, 0.1) is 5.92 Å². The van der Waals surface area contributed by atoms with Crippen molar-refractivity contribution in [2.45, 2.75) is 89.5 Å². The molecule has 15 heteroatoms. The van der Waals surface area contributed by atoms with E-state index >= 15 is 0 Å². The minimum absolute atomic E-state index is 0.103. The lowest BCUT2D eigenvalue weighted by Crippen LogP contribution is -2.58. The van der Waals surface area contributed by atoms with Crippen molar-refractivity contribution in [3.63, 3.8) is 0 Å². The Kier molecular flexibility index (Phi) is 12.0. The summed E-state index contributed by atoms with van der Waals surface area (Å²) >= 11 is 0. The molecule has 4 amide bonds. The Morgan fingerprint density at radius 1 is 1.12 bits per heavy atom. The van der Waals surface area contributed by atoms with E-state index in [9.17, 15) is 33.9 Å². The molecule has 1 fully saturated rings. The Bertz CT molecular complexity index is 1060. The highest BCUT2D eigenvalue weighted by molar-refractivity contribution is 5.95. The number of nitrogens with two attached hydrogens (primary N) is 1. The van der Waals surface area contributed by atoms with Gasteiger partial charge in [-0.3, -0.25) is 24.0 Å². The third-order valence-corrected chi connectivity index (χ3v) is 6.96. The number of hydrogen-bond donors (Lipinski definition) is 7. The van der Waals surface area contributed by atoms with Crippen LogP contribution < -0.4 is 21.7 Å². The van der Waals surface area contributed by atoms with Crippen molar-refractivity contribution < 1.29 is 39.0 Å². The third-order valence-electron chi connectivity index (χ3n) is 6.96. The molecule has 0 bridgehead atoms. The van der Waals surface area contributed by atoms with E-state index in [1.807, 2.05) is 6.92 Å². The van der Waals surface area contributed by atoms with Crippen LogP contribution in [0.4, 0.5) is 0 Å². The molecule has 1 aromatic heterocycles. The normalized spacial score (nSPS) is 18.6. The molecule has 0 aromatic carbocycles. The van der Waals surface area contributed by atoms with E-state index in [0.717, 1.165) is 0 Å². The first-order valence-corrected chi connectivity index (χ1v) is 13.2. The molecule has 1 aromatic rings. The Labute approximate surface area is 231 Å². The molecule has 2 heterocycles. The molecule has 6 atom stereocenters. The van der Waals surface area contributed by atoms with Crippen LogP contribution in [0.2, 0.25) is 0 Å². The first kappa shape index (κ1) is 32.2. The molecular formula is C25H39N7O8. The van der Waals surface area contributed by atoms with E-state index in [4.69, 9.17) is 10.8 Å². The number of carboxylic acids is 2. The van der Waals surface area contributed by atoms with Crippen LogP contribution in [-0.4, -0.2) is 97.4 Å². The average Bonchev–Trinajstić information content (AvgIpc) is 3.60. The summed E-state index contributed by atoms with van der Waals surface area (Å²) in [5.41, 5.74) is 6.52. The zero-order valence-electron chi connectivity index (χ0n) is 22.9. The van der Waals surface area contributed by atoms with Crippen LogP contribution >= 0.6 is 0 Å². The molecule has 1 aliphatic heterocycles. The molecule has 1 aliphatic rings. The molecule has 1 saturated heterocycles. The number of nitrogens with one attached hydrogen (secondary N) is 4. The molecule has 40 heavy (non-hydrogen) atoms. The van der Waals surface area contributed by atoms with E-state index in [1.54, 1.807) is 6.92 Å². The van der Waals surface area contributed by atoms with Gasteiger partial charge in [0.2, 0.25) is 23.6 Å². The molecule has 222 valence electrons. The van der Waals surface area contributed by atoms with Crippen molar-refractivity contribution in [1.82, 2.24) is 30.8 Å². The van der Waals surface area contributed by atoms with Gasteiger partial charge < -0.3 is 41.8 Å². The van der Waals surface area contributed by atoms with Crippen LogP contribution in [-0.2, 0) is 35.2 Å². The van der Waals surface area contributed by atoms with Gasteiger partial charge in [-0.1, -0.05) is 20.3 Å². The maximum absolute atomic E-state index is 13.2. The molecule has 0 saturated carbocycles. The molecular weight excluding hydrogens is 526 g/mol. The van der Waals surface area contributed by atoms with Gasteiger partial charge in [-0.15, -0.1) is 0 Å². The second-order valence-corrected chi connectivity index (χ2v) is 10.0. The number of carbonyl (C=O) groups is 6. The number of amides is 4. The minimum atomic E-state index is -1.28. The van der Waals surface area contributed by atoms with Crippen molar-refractivity contribution in [3.8, 4) is 0 Å². The van der Waals surface area contributed by atoms with E-state index in [1.165, 1.54) is 24.3 Å². The summed E-state index contributed by atoms with van der Waals surface area (Å²) in [6, 6.07) is -5.45. The Balaban J connectivity index is 2.05. The summed E-state index contributed by atoms with van der Waals surface area (Å²) in [6.45, 7) is 5.16. The zero-order valence-corrected chi connectivity index (χ0v) is 22.9. The number of hydrogen-bond acceptors (Lipinski definition) is 8. The van der Waals surface area contributed by atoms with Crippen LogP contribution in [0.5, 0.6) is 0 Å². The molecule has 8 N–H and O–H groups in total. The first-order valence-electron chi connectivity index (χ1n) is 13.2. The van der Waals surface area contributed by atoms with Gasteiger partial charge in [0.05, 0.1) is 12.4 Å². The smallest absolute Gasteiger partial charge is 0.326 e. The van der Waals surface area contributed by atoms with Gasteiger partial charge >= 0.3 is 11.9 Å². The van der Waals surface area contributed by atoms with Crippen molar-refractivity contribution >= 4 is 35.6 Å². The summed E-state index contributed by atoms with van der Waals surface area (Å²) in [4.78, 5) is 82.5.